The van der Waals surface area contributed by atoms with Gasteiger partial charge in [0.25, 0.3) is 0 Å². The Bertz CT molecular complexity index is 380. The molecule has 0 unspecified atom stereocenters. The number of alkyl halides is 2. The molecule has 0 bridgehead atoms. The smallest absolute Gasteiger partial charge is 0.248 e. The highest BCUT2D eigenvalue weighted by atomic mass is 19.3. The van der Waals surface area contributed by atoms with Crippen LogP contribution in [-0.2, 0) is 16.9 Å². The van der Waals surface area contributed by atoms with Crippen LogP contribution in [0.2, 0.25) is 0 Å². The van der Waals surface area contributed by atoms with Gasteiger partial charge < -0.3 is 14.9 Å². The maximum Gasteiger partial charge on any atom is 0.248 e. The highest BCUT2D eigenvalue weighted by molar-refractivity contribution is 5.24. The molecule has 1 aliphatic rings. The maximum absolute atomic E-state index is 13.1. The molecule has 2 rings (SSSR count). The van der Waals surface area contributed by atoms with E-state index in [1.165, 1.54) is 6.26 Å². The largest absolute Gasteiger partial charge is 0.467 e. The molecule has 1 aliphatic carbocycles. The minimum atomic E-state index is -2.59. The van der Waals surface area contributed by atoms with Gasteiger partial charge in [-0.05, 0) is 18.9 Å². The van der Waals surface area contributed by atoms with Gasteiger partial charge in [0, 0.05) is 25.5 Å². The van der Waals surface area contributed by atoms with Gasteiger partial charge in [-0.15, -0.1) is 0 Å². The lowest BCUT2D eigenvalue weighted by atomic mass is 9.78. The molecule has 5 heteroatoms. The van der Waals surface area contributed by atoms with Gasteiger partial charge in [-0.1, -0.05) is 0 Å². The van der Waals surface area contributed by atoms with Crippen LogP contribution in [0.1, 0.15) is 37.0 Å². The molecule has 0 atom stereocenters. The number of halogens is 2. The van der Waals surface area contributed by atoms with E-state index < -0.39 is 11.5 Å². The van der Waals surface area contributed by atoms with E-state index in [9.17, 15) is 8.78 Å². The zero-order valence-electron chi connectivity index (χ0n) is 9.84. The van der Waals surface area contributed by atoms with Gasteiger partial charge in [-0.2, -0.15) is 0 Å². The Morgan fingerprint density at radius 1 is 1.35 bits per heavy atom. The monoisotopic (exact) mass is 245 g/mol. The SMILES string of the molecule is COCc1ccoc1C1(N)CCC(F)(F)CC1. The van der Waals surface area contributed by atoms with Crippen molar-refractivity contribution in [1.82, 2.24) is 0 Å². The zero-order chi connectivity index (χ0) is 12.5. The lowest BCUT2D eigenvalue weighted by Gasteiger charge is -2.36. The molecule has 1 heterocycles. The van der Waals surface area contributed by atoms with Crippen LogP contribution in [0.5, 0.6) is 0 Å². The predicted octanol–water partition coefficient (Wildman–Crippen LogP) is 2.79. The van der Waals surface area contributed by atoms with E-state index in [1.807, 2.05) is 0 Å². The highest BCUT2D eigenvalue weighted by Gasteiger charge is 2.44. The van der Waals surface area contributed by atoms with E-state index >= 15 is 0 Å². The first-order valence-electron chi connectivity index (χ1n) is 5.69. The van der Waals surface area contributed by atoms with Crippen LogP contribution in [0.25, 0.3) is 0 Å². The van der Waals surface area contributed by atoms with Crippen molar-refractivity contribution in [2.45, 2.75) is 43.8 Å². The second-order valence-corrected chi connectivity index (χ2v) is 4.72. The first-order chi connectivity index (χ1) is 7.97. The van der Waals surface area contributed by atoms with Gasteiger partial charge in [0.05, 0.1) is 18.4 Å². The number of furan rings is 1. The Morgan fingerprint density at radius 3 is 2.59 bits per heavy atom. The molecule has 1 aromatic heterocycles. The Morgan fingerprint density at radius 2 is 2.00 bits per heavy atom. The number of hydrogen-bond acceptors (Lipinski definition) is 3. The molecule has 0 amide bonds. The fourth-order valence-electron chi connectivity index (χ4n) is 2.33. The molecule has 96 valence electrons. The molecule has 1 aromatic rings. The van der Waals surface area contributed by atoms with E-state index in [2.05, 4.69) is 0 Å². The standard InChI is InChI=1S/C12H17F2NO2/c1-16-8-9-2-7-17-10(9)11(15)3-5-12(13,14)6-4-11/h2,7H,3-6,8,15H2,1H3. The lowest BCUT2D eigenvalue weighted by Crippen LogP contribution is -2.43. The molecule has 0 aliphatic heterocycles. The molecule has 2 N–H and O–H groups in total. The zero-order valence-corrected chi connectivity index (χ0v) is 9.84. The highest BCUT2D eigenvalue weighted by Crippen LogP contribution is 2.43. The number of methoxy groups -OCH3 is 1. The van der Waals surface area contributed by atoms with Crippen LogP contribution < -0.4 is 5.73 Å². The summed E-state index contributed by atoms with van der Waals surface area (Å²) in [6.45, 7) is 0.390. The van der Waals surface area contributed by atoms with Gasteiger partial charge in [-0.25, -0.2) is 8.78 Å². The molecular weight excluding hydrogens is 228 g/mol. The van der Waals surface area contributed by atoms with Gasteiger partial charge in [-0.3, -0.25) is 0 Å². The summed E-state index contributed by atoms with van der Waals surface area (Å²) >= 11 is 0. The fraction of sp³-hybridized carbons (Fsp3) is 0.667. The third kappa shape index (κ3) is 2.50. The first kappa shape index (κ1) is 12.5. The van der Waals surface area contributed by atoms with Crippen molar-refractivity contribution in [3.8, 4) is 0 Å². The second-order valence-electron chi connectivity index (χ2n) is 4.72. The Balaban J connectivity index is 2.18. The topological polar surface area (TPSA) is 48.4 Å². The summed E-state index contributed by atoms with van der Waals surface area (Å²) in [4.78, 5) is 0. The molecule has 0 aromatic carbocycles. The van der Waals surface area contributed by atoms with Crippen LogP contribution in [0, 0.1) is 0 Å². The summed E-state index contributed by atoms with van der Waals surface area (Å²) in [5.41, 5.74) is 6.26. The molecule has 3 nitrogen and oxygen atoms in total. The van der Waals surface area contributed by atoms with E-state index in [0.29, 0.717) is 12.4 Å². The Kier molecular flexibility index (Phi) is 3.23. The second kappa shape index (κ2) is 4.38. The summed E-state index contributed by atoms with van der Waals surface area (Å²) in [7, 11) is 1.58. The van der Waals surface area contributed by atoms with Crippen molar-refractivity contribution in [1.29, 1.82) is 0 Å². The summed E-state index contributed by atoms with van der Waals surface area (Å²) in [5.74, 6) is -1.99. The first-order valence-corrected chi connectivity index (χ1v) is 5.69. The molecular formula is C12H17F2NO2. The average molecular weight is 245 g/mol. The van der Waals surface area contributed by atoms with E-state index in [-0.39, 0.29) is 25.7 Å². The summed E-state index contributed by atoms with van der Waals surface area (Å²) in [5, 5.41) is 0. The molecule has 1 saturated carbocycles. The molecule has 0 radical (unpaired) electrons. The van der Waals surface area contributed by atoms with E-state index in [1.54, 1.807) is 13.2 Å². The quantitative estimate of drug-likeness (QED) is 0.890. The summed E-state index contributed by atoms with van der Waals surface area (Å²) < 4.78 is 36.7. The van der Waals surface area contributed by atoms with Crippen molar-refractivity contribution in [2.24, 2.45) is 5.73 Å². The van der Waals surface area contributed by atoms with Crippen LogP contribution in [0.3, 0.4) is 0 Å². The molecule has 0 spiro atoms. The number of rotatable bonds is 3. The minimum absolute atomic E-state index is 0.184. The van der Waals surface area contributed by atoms with Crippen molar-refractivity contribution in [2.75, 3.05) is 7.11 Å². The average Bonchev–Trinajstić information content (AvgIpc) is 2.73. The minimum Gasteiger partial charge on any atom is -0.467 e. The van der Waals surface area contributed by atoms with Crippen LogP contribution in [-0.4, -0.2) is 13.0 Å². The number of hydrogen-bond donors (Lipinski definition) is 1. The Hall–Kier alpha value is -0.940. The van der Waals surface area contributed by atoms with Crippen molar-refractivity contribution in [3.05, 3.63) is 23.7 Å². The van der Waals surface area contributed by atoms with Crippen LogP contribution in [0.15, 0.2) is 16.7 Å². The normalized spacial score (nSPS) is 22.6. The summed E-state index contributed by atoms with van der Waals surface area (Å²) in [6, 6.07) is 1.78. The van der Waals surface area contributed by atoms with Crippen molar-refractivity contribution >= 4 is 0 Å². The maximum atomic E-state index is 13.1. The third-order valence-electron chi connectivity index (χ3n) is 3.37. The van der Waals surface area contributed by atoms with Crippen molar-refractivity contribution < 1.29 is 17.9 Å². The molecule has 0 saturated heterocycles. The molecule has 17 heavy (non-hydrogen) atoms. The molecule has 1 fully saturated rings. The van der Waals surface area contributed by atoms with Gasteiger partial charge >= 0.3 is 0 Å². The third-order valence-corrected chi connectivity index (χ3v) is 3.37. The fourth-order valence-corrected chi connectivity index (χ4v) is 2.33. The van der Waals surface area contributed by atoms with Crippen molar-refractivity contribution in [3.63, 3.8) is 0 Å². The van der Waals surface area contributed by atoms with E-state index in [4.69, 9.17) is 14.9 Å². The number of ether oxygens (including phenoxy) is 1. The van der Waals surface area contributed by atoms with Gasteiger partial charge in [0.15, 0.2) is 0 Å². The van der Waals surface area contributed by atoms with Crippen LogP contribution >= 0.6 is 0 Å². The summed E-state index contributed by atoms with van der Waals surface area (Å²) in [6.07, 6.45) is 1.65. The van der Waals surface area contributed by atoms with Gasteiger partial charge in [0.1, 0.15) is 5.76 Å². The van der Waals surface area contributed by atoms with Crippen LogP contribution in [0.4, 0.5) is 8.78 Å². The Labute approximate surface area is 98.9 Å². The number of nitrogens with two attached hydrogens (primary N) is 1. The van der Waals surface area contributed by atoms with E-state index in [0.717, 1.165) is 5.56 Å². The predicted molar refractivity (Wildman–Crippen MR) is 58.7 cm³/mol. The van der Waals surface area contributed by atoms with Gasteiger partial charge in [0.2, 0.25) is 5.92 Å². The lowest BCUT2D eigenvalue weighted by molar-refractivity contribution is -0.0541.